The molecule has 0 bridgehead atoms. The van der Waals surface area contributed by atoms with Crippen molar-refractivity contribution >= 4 is 33.1 Å². The zero-order chi connectivity index (χ0) is 20.6. The summed E-state index contributed by atoms with van der Waals surface area (Å²) in [5.41, 5.74) is 5.50. The summed E-state index contributed by atoms with van der Waals surface area (Å²) in [4.78, 5) is 2.17. The summed E-state index contributed by atoms with van der Waals surface area (Å²) in [7, 11) is 0. The first kappa shape index (κ1) is 20.3. The van der Waals surface area contributed by atoms with Gasteiger partial charge < -0.3 is 0 Å². The van der Waals surface area contributed by atoms with E-state index in [0.29, 0.717) is 20.0 Å². The number of rotatable bonds is 6. The van der Waals surface area contributed by atoms with Crippen LogP contribution < -0.4 is 0 Å². The van der Waals surface area contributed by atoms with Gasteiger partial charge in [-0.05, 0) is 36.4 Å². The second-order valence-electron chi connectivity index (χ2n) is 7.33. The van der Waals surface area contributed by atoms with Crippen molar-refractivity contribution in [2.45, 2.75) is 20.0 Å². The maximum absolute atomic E-state index is 4.35. The minimum atomic E-state index is 0. The number of benzene rings is 3. The Morgan fingerprint density at radius 3 is 1.16 bits per heavy atom. The first-order chi connectivity index (χ1) is 15.3. The van der Waals surface area contributed by atoms with Gasteiger partial charge in [0.15, 0.2) is 0 Å². The fourth-order valence-corrected chi connectivity index (χ4v) is 3.77. The molecule has 6 aromatic rings. The maximum Gasteiger partial charge on any atom is 0.113 e. The van der Waals surface area contributed by atoms with Gasteiger partial charge in [-0.3, -0.25) is 0 Å². The van der Waals surface area contributed by atoms with E-state index in [1.54, 1.807) is 0 Å². The second kappa shape index (κ2) is 8.46. The Bertz CT molecular complexity index is 1320. The molecule has 0 saturated carbocycles. The van der Waals surface area contributed by atoms with Crippen molar-refractivity contribution in [2.75, 3.05) is 0 Å². The Morgan fingerprint density at radius 2 is 0.812 bits per heavy atom. The van der Waals surface area contributed by atoms with Crippen LogP contribution in [0.4, 0.5) is 0 Å². The number of hydrogen-bond acceptors (Lipinski definition) is 7. The van der Waals surface area contributed by atoms with Crippen LogP contribution in [0, 0.1) is 0 Å². The van der Waals surface area contributed by atoms with E-state index in [2.05, 4.69) is 35.8 Å². The summed E-state index contributed by atoms with van der Waals surface area (Å²) >= 11 is 0. The third-order valence-electron chi connectivity index (χ3n) is 5.26. The summed E-state index contributed by atoms with van der Waals surface area (Å²) in [5, 5.41) is 25.9. The van der Waals surface area contributed by atoms with Crippen LogP contribution in [0.2, 0.25) is 0 Å². The van der Waals surface area contributed by atoms with Gasteiger partial charge in [-0.1, -0.05) is 52.0 Å². The zero-order valence-corrected chi connectivity index (χ0v) is 17.8. The van der Waals surface area contributed by atoms with Crippen molar-refractivity contribution in [1.82, 2.24) is 49.9 Å². The molecule has 163 valence electrons. The van der Waals surface area contributed by atoms with Gasteiger partial charge in [0.1, 0.15) is 16.6 Å². The van der Waals surface area contributed by atoms with E-state index < -0.39 is 0 Å². The summed E-state index contributed by atoms with van der Waals surface area (Å²) in [6.07, 6.45) is 0. The van der Waals surface area contributed by atoms with Crippen molar-refractivity contribution in [3.8, 4) is 0 Å². The van der Waals surface area contributed by atoms with Crippen LogP contribution >= 0.6 is 0 Å². The van der Waals surface area contributed by atoms with E-state index in [9.17, 15) is 0 Å². The largest absolute Gasteiger partial charge is 0.245 e. The summed E-state index contributed by atoms with van der Waals surface area (Å²) in [6.45, 7) is 1.51. The fourth-order valence-electron chi connectivity index (χ4n) is 3.77. The van der Waals surface area contributed by atoms with E-state index >= 15 is 0 Å². The first-order valence-electron chi connectivity index (χ1n) is 9.92. The maximum atomic E-state index is 4.35. The number of para-hydroxylation sites is 3. The van der Waals surface area contributed by atoms with Crippen LogP contribution in [0.25, 0.3) is 33.1 Å². The zero-order valence-electron chi connectivity index (χ0n) is 16.8. The Hall–Kier alpha value is -3.66. The number of hydrogen-bond donors (Lipinski definition) is 0. The molecule has 0 aliphatic heterocycles. The van der Waals surface area contributed by atoms with E-state index in [1.807, 2.05) is 86.8 Å². The molecule has 1 radical (unpaired) electrons. The van der Waals surface area contributed by atoms with Crippen LogP contribution in [0.3, 0.4) is 0 Å². The molecule has 0 aliphatic carbocycles. The van der Waals surface area contributed by atoms with Crippen molar-refractivity contribution in [3.63, 3.8) is 0 Å². The predicted molar refractivity (Wildman–Crippen MR) is 114 cm³/mol. The molecule has 0 unspecified atom stereocenters. The number of nitrogens with zero attached hydrogens (tertiary/aromatic N) is 10. The third-order valence-corrected chi connectivity index (χ3v) is 5.26. The molecule has 0 atom stereocenters. The average Bonchev–Trinajstić information content (AvgIpc) is 3.52. The van der Waals surface area contributed by atoms with E-state index in [0.717, 1.165) is 33.1 Å². The Balaban J connectivity index is 0.00000216. The van der Waals surface area contributed by atoms with E-state index in [1.165, 1.54) is 0 Å². The SMILES string of the molecule is [Cu].c1ccc2c(c1)nnn2CN(Cn1nnc2ccccc21)Cn1nnc2ccccc21. The molecule has 0 aliphatic rings. The van der Waals surface area contributed by atoms with Gasteiger partial charge in [0.2, 0.25) is 0 Å². The molecular weight excluding hydrogens is 456 g/mol. The van der Waals surface area contributed by atoms with Gasteiger partial charge in [0.05, 0.1) is 36.6 Å². The molecule has 0 N–H and O–H groups in total. The molecule has 0 fully saturated rings. The fraction of sp³-hybridized carbons (Fsp3) is 0.143. The Morgan fingerprint density at radius 1 is 0.500 bits per heavy atom. The molecule has 11 heteroatoms. The molecule has 3 aromatic carbocycles. The van der Waals surface area contributed by atoms with Gasteiger partial charge in [0.25, 0.3) is 0 Å². The quantitative estimate of drug-likeness (QED) is 0.343. The van der Waals surface area contributed by atoms with Crippen LogP contribution in [0.1, 0.15) is 0 Å². The molecule has 0 spiro atoms. The van der Waals surface area contributed by atoms with E-state index in [-0.39, 0.29) is 17.1 Å². The minimum absolute atomic E-state index is 0. The van der Waals surface area contributed by atoms with Crippen LogP contribution in [-0.4, -0.2) is 49.9 Å². The molecule has 3 heterocycles. The summed E-state index contributed by atoms with van der Waals surface area (Å²) in [5.74, 6) is 0. The second-order valence-corrected chi connectivity index (χ2v) is 7.33. The van der Waals surface area contributed by atoms with Gasteiger partial charge in [-0.15, -0.1) is 15.3 Å². The molecular formula is C21H18CuN10. The summed E-state index contributed by atoms with van der Waals surface area (Å²) in [6, 6.07) is 23.8. The molecule has 6 rings (SSSR count). The summed E-state index contributed by atoms with van der Waals surface area (Å²) < 4.78 is 5.65. The van der Waals surface area contributed by atoms with Crippen molar-refractivity contribution < 1.29 is 17.1 Å². The van der Waals surface area contributed by atoms with Crippen LogP contribution in [-0.2, 0) is 37.1 Å². The molecule has 0 amide bonds. The Kier molecular flexibility index (Phi) is 5.36. The van der Waals surface area contributed by atoms with Crippen molar-refractivity contribution in [2.24, 2.45) is 0 Å². The third kappa shape index (κ3) is 3.62. The van der Waals surface area contributed by atoms with Crippen LogP contribution in [0.15, 0.2) is 72.8 Å². The molecule has 10 nitrogen and oxygen atoms in total. The normalized spacial score (nSPS) is 11.5. The molecule has 32 heavy (non-hydrogen) atoms. The molecule has 3 aromatic heterocycles. The number of aromatic nitrogens is 9. The standard InChI is InChI=1S/C21H18N10.Cu/c1-4-10-19-16(7-1)22-25-29(19)13-28(14-30-20-11-5-2-8-17(20)23-26-30)15-31-21-12-6-3-9-18(21)24-27-31;/h1-12H,13-15H2;. The smallest absolute Gasteiger partial charge is 0.113 e. The van der Waals surface area contributed by atoms with Gasteiger partial charge in [-0.25, -0.2) is 18.9 Å². The Labute approximate surface area is 192 Å². The molecule has 0 saturated heterocycles. The van der Waals surface area contributed by atoms with Gasteiger partial charge in [0, 0.05) is 17.1 Å². The van der Waals surface area contributed by atoms with Gasteiger partial charge in [-0.2, -0.15) is 0 Å². The number of fused-ring (bicyclic) bond motifs is 3. The van der Waals surface area contributed by atoms with E-state index in [4.69, 9.17) is 0 Å². The van der Waals surface area contributed by atoms with Gasteiger partial charge >= 0.3 is 0 Å². The monoisotopic (exact) mass is 473 g/mol. The average molecular weight is 474 g/mol. The van der Waals surface area contributed by atoms with Crippen molar-refractivity contribution in [1.29, 1.82) is 0 Å². The topological polar surface area (TPSA) is 95.4 Å². The predicted octanol–water partition coefficient (Wildman–Crippen LogP) is 2.49. The van der Waals surface area contributed by atoms with Crippen molar-refractivity contribution in [3.05, 3.63) is 72.8 Å². The van der Waals surface area contributed by atoms with Crippen LogP contribution in [0.5, 0.6) is 0 Å². The minimum Gasteiger partial charge on any atom is -0.245 e. The first-order valence-corrected chi connectivity index (χ1v) is 9.92.